The lowest BCUT2D eigenvalue weighted by Crippen LogP contribution is -2.06. The number of anilines is 1. The number of thiophene rings is 1. The van der Waals surface area contributed by atoms with E-state index in [2.05, 4.69) is 34.2 Å². The number of carbonyl (C=O) groups is 1. The lowest BCUT2D eigenvalue weighted by atomic mass is 10.2. The summed E-state index contributed by atoms with van der Waals surface area (Å²) in [5, 5.41) is 3.37. The van der Waals surface area contributed by atoms with E-state index in [1.807, 2.05) is 18.2 Å². The molecule has 5 heteroatoms. The first-order valence-corrected chi connectivity index (χ1v) is 7.41. The molecule has 1 aromatic heterocycles. The summed E-state index contributed by atoms with van der Waals surface area (Å²) in [7, 11) is 1.38. The Bertz CT molecular complexity index is 582. The Hall–Kier alpha value is -1.33. The summed E-state index contributed by atoms with van der Waals surface area (Å²) in [6, 6.07) is 11.6. The number of carbonyl (C=O) groups excluding carboxylic acids is 1. The third-order valence-corrected chi connectivity index (χ3v) is 4.49. The highest BCUT2D eigenvalue weighted by Crippen LogP contribution is 2.29. The third kappa shape index (κ3) is 3.58. The molecule has 1 heterocycles. The van der Waals surface area contributed by atoms with Crippen LogP contribution >= 0.6 is 27.3 Å². The molecule has 0 saturated heterocycles. The van der Waals surface area contributed by atoms with Gasteiger partial charge in [0, 0.05) is 10.6 Å². The number of ether oxygens (including phenoxy) is 1. The van der Waals surface area contributed by atoms with Crippen molar-refractivity contribution in [3.8, 4) is 0 Å². The molecule has 0 saturated carbocycles. The minimum absolute atomic E-state index is 0.184. The topological polar surface area (TPSA) is 38.3 Å². The van der Waals surface area contributed by atoms with Crippen LogP contribution in [0.2, 0.25) is 0 Å². The van der Waals surface area contributed by atoms with Crippen LogP contribution in [0.3, 0.4) is 0 Å². The first kappa shape index (κ1) is 14.1. The summed E-state index contributed by atoms with van der Waals surface area (Å²) < 4.78 is 5.82. The van der Waals surface area contributed by atoms with Crippen molar-refractivity contribution >= 4 is 38.9 Å². The molecule has 19 heavy (non-hydrogen) atoms. The number of benzene rings is 1. The number of hydrogen-bond acceptors (Lipinski definition) is 4. The van der Waals surface area contributed by atoms with Crippen LogP contribution in [0.25, 0.3) is 0 Å². The van der Waals surface area contributed by atoms with Crippen molar-refractivity contribution in [2.75, 3.05) is 12.4 Å². The summed E-state index contributed by atoms with van der Waals surface area (Å²) in [4.78, 5) is 12.7. The van der Waals surface area contributed by atoms with Gasteiger partial charge in [0.05, 0.1) is 22.5 Å². The highest BCUT2D eigenvalue weighted by atomic mass is 79.9. The van der Waals surface area contributed by atoms with Crippen LogP contribution in [-0.2, 0) is 4.74 Å². The van der Waals surface area contributed by atoms with Gasteiger partial charge in [0.25, 0.3) is 0 Å². The molecular formula is C14H14BrNO2S. The van der Waals surface area contributed by atoms with Crippen molar-refractivity contribution in [1.29, 1.82) is 0 Å². The van der Waals surface area contributed by atoms with Crippen molar-refractivity contribution in [2.45, 2.75) is 13.0 Å². The van der Waals surface area contributed by atoms with Crippen LogP contribution in [0, 0.1) is 0 Å². The standard InChI is InChI=1S/C14H14BrNO2S/c1-9(12-6-7-13(15)19-12)16-11-5-3-4-10(8-11)14(17)18-2/h3-9,16H,1-2H3. The smallest absolute Gasteiger partial charge is 0.337 e. The number of hydrogen-bond donors (Lipinski definition) is 1. The van der Waals surface area contributed by atoms with Gasteiger partial charge in [-0.25, -0.2) is 4.79 Å². The molecule has 1 atom stereocenters. The molecule has 0 amide bonds. The minimum Gasteiger partial charge on any atom is -0.465 e. The van der Waals surface area contributed by atoms with Crippen molar-refractivity contribution in [2.24, 2.45) is 0 Å². The van der Waals surface area contributed by atoms with Crippen LogP contribution in [-0.4, -0.2) is 13.1 Å². The van der Waals surface area contributed by atoms with Crippen LogP contribution in [0.1, 0.15) is 28.2 Å². The number of methoxy groups -OCH3 is 1. The lowest BCUT2D eigenvalue weighted by molar-refractivity contribution is 0.0601. The molecule has 0 aliphatic carbocycles. The highest BCUT2D eigenvalue weighted by Gasteiger charge is 2.10. The van der Waals surface area contributed by atoms with E-state index in [0.29, 0.717) is 5.56 Å². The van der Waals surface area contributed by atoms with E-state index < -0.39 is 0 Å². The second kappa shape index (κ2) is 6.21. The minimum atomic E-state index is -0.324. The first-order chi connectivity index (χ1) is 9.10. The molecule has 0 aliphatic rings. The zero-order chi connectivity index (χ0) is 13.8. The molecule has 1 N–H and O–H groups in total. The fourth-order valence-electron chi connectivity index (χ4n) is 1.74. The molecule has 0 radical (unpaired) electrons. The lowest BCUT2D eigenvalue weighted by Gasteiger charge is -2.14. The Kier molecular flexibility index (Phi) is 4.61. The van der Waals surface area contributed by atoms with Gasteiger partial charge in [0.1, 0.15) is 0 Å². The maximum absolute atomic E-state index is 11.5. The molecule has 0 aliphatic heterocycles. The first-order valence-electron chi connectivity index (χ1n) is 5.80. The molecule has 3 nitrogen and oxygen atoms in total. The Labute approximate surface area is 124 Å². The fraction of sp³-hybridized carbons (Fsp3) is 0.214. The Morgan fingerprint density at radius 2 is 2.16 bits per heavy atom. The van der Waals surface area contributed by atoms with E-state index in [9.17, 15) is 4.79 Å². The predicted molar refractivity (Wildman–Crippen MR) is 81.8 cm³/mol. The fourth-order valence-corrected chi connectivity index (χ4v) is 3.16. The van der Waals surface area contributed by atoms with E-state index in [-0.39, 0.29) is 12.0 Å². The van der Waals surface area contributed by atoms with E-state index in [0.717, 1.165) is 9.47 Å². The number of nitrogens with one attached hydrogen (secondary N) is 1. The van der Waals surface area contributed by atoms with Crippen LogP contribution in [0.4, 0.5) is 5.69 Å². The monoisotopic (exact) mass is 339 g/mol. The maximum Gasteiger partial charge on any atom is 0.337 e. The van der Waals surface area contributed by atoms with Crippen molar-refractivity contribution in [3.63, 3.8) is 0 Å². The maximum atomic E-state index is 11.5. The van der Waals surface area contributed by atoms with Crippen molar-refractivity contribution < 1.29 is 9.53 Å². The van der Waals surface area contributed by atoms with Gasteiger partial charge in [-0.2, -0.15) is 0 Å². The summed E-state index contributed by atoms with van der Waals surface area (Å²) in [5.41, 5.74) is 1.45. The molecule has 2 rings (SSSR count). The zero-order valence-corrected chi connectivity index (χ0v) is 13.0. The van der Waals surface area contributed by atoms with Crippen LogP contribution in [0.5, 0.6) is 0 Å². The zero-order valence-electron chi connectivity index (χ0n) is 10.6. The molecular weight excluding hydrogens is 326 g/mol. The second-order valence-electron chi connectivity index (χ2n) is 4.08. The van der Waals surface area contributed by atoms with Gasteiger partial charge in [0.15, 0.2) is 0 Å². The Balaban J connectivity index is 2.12. The average molecular weight is 340 g/mol. The van der Waals surface area contributed by atoms with Crippen molar-refractivity contribution in [3.05, 3.63) is 50.6 Å². The molecule has 100 valence electrons. The van der Waals surface area contributed by atoms with Gasteiger partial charge in [0.2, 0.25) is 0 Å². The summed E-state index contributed by atoms with van der Waals surface area (Å²) >= 11 is 5.15. The third-order valence-electron chi connectivity index (χ3n) is 2.69. The predicted octanol–water partition coefficient (Wildman–Crippen LogP) is 4.47. The summed E-state index contributed by atoms with van der Waals surface area (Å²) in [5.74, 6) is -0.324. The highest BCUT2D eigenvalue weighted by molar-refractivity contribution is 9.11. The van der Waals surface area contributed by atoms with Crippen molar-refractivity contribution in [1.82, 2.24) is 0 Å². The van der Waals surface area contributed by atoms with Gasteiger partial charge in [-0.05, 0) is 53.2 Å². The molecule has 2 aromatic rings. The van der Waals surface area contributed by atoms with Gasteiger partial charge in [-0.3, -0.25) is 0 Å². The van der Waals surface area contributed by atoms with Crippen LogP contribution < -0.4 is 5.32 Å². The molecule has 1 unspecified atom stereocenters. The van der Waals surface area contributed by atoms with Gasteiger partial charge in [-0.15, -0.1) is 11.3 Å². The molecule has 0 spiro atoms. The Morgan fingerprint density at radius 3 is 2.79 bits per heavy atom. The summed E-state index contributed by atoms with van der Waals surface area (Å²) in [6.07, 6.45) is 0. The normalized spacial score (nSPS) is 11.9. The second-order valence-corrected chi connectivity index (χ2v) is 6.57. The number of esters is 1. The largest absolute Gasteiger partial charge is 0.465 e. The SMILES string of the molecule is COC(=O)c1cccc(NC(C)c2ccc(Br)s2)c1. The Morgan fingerprint density at radius 1 is 1.37 bits per heavy atom. The summed E-state index contributed by atoms with van der Waals surface area (Å²) in [6.45, 7) is 2.09. The van der Waals surface area contributed by atoms with E-state index in [1.54, 1.807) is 23.5 Å². The van der Waals surface area contributed by atoms with E-state index in [4.69, 9.17) is 4.74 Å². The number of rotatable bonds is 4. The van der Waals surface area contributed by atoms with Crippen LogP contribution in [0.15, 0.2) is 40.2 Å². The molecule has 0 fully saturated rings. The van der Waals surface area contributed by atoms with Gasteiger partial charge in [-0.1, -0.05) is 6.07 Å². The van der Waals surface area contributed by atoms with Gasteiger partial charge < -0.3 is 10.1 Å². The van der Waals surface area contributed by atoms with E-state index in [1.165, 1.54) is 12.0 Å². The quantitative estimate of drug-likeness (QED) is 0.835. The number of halogens is 1. The van der Waals surface area contributed by atoms with Gasteiger partial charge >= 0.3 is 5.97 Å². The molecule has 0 bridgehead atoms. The molecule has 1 aromatic carbocycles. The average Bonchev–Trinajstić information content (AvgIpc) is 2.85. The van der Waals surface area contributed by atoms with E-state index >= 15 is 0 Å².